The number of nitrogens with zero attached hydrogens (tertiary/aromatic N) is 3. The number of halogens is 1. The maximum atomic E-state index is 10.8. The molecular formula is C12H18ClN3O4. The Kier molecular flexibility index (Phi) is 8.46. The van der Waals surface area contributed by atoms with Gasteiger partial charge in [0.15, 0.2) is 0 Å². The second-order valence-corrected chi connectivity index (χ2v) is 4.14. The topological polar surface area (TPSA) is 95.2 Å². The highest BCUT2D eigenvalue weighted by Gasteiger charge is 2.10. The molecule has 1 aromatic heterocycles. The summed E-state index contributed by atoms with van der Waals surface area (Å²) in [6, 6.07) is 2.71. The lowest BCUT2D eigenvalue weighted by atomic mass is 10.2. The fourth-order valence-corrected chi connectivity index (χ4v) is 1.29. The quantitative estimate of drug-likeness (QED) is 0.337. The molecule has 0 bridgehead atoms. The first-order chi connectivity index (χ1) is 9.04. The summed E-state index contributed by atoms with van der Waals surface area (Å²) in [5, 5.41) is 20.9. The summed E-state index contributed by atoms with van der Waals surface area (Å²) in [7, 11) is 3.84. The number of hydrogen-bond donors (Lipinski definition) is 2. The molecule has 0 atom stereocenters. The summed E-state index contributed by atoms with van der Waals surface area (Å²) in [5.41, 5.74) is 0.563. The summed E-state index contributed by atoms with van der Waals surface area (Å²) in [6.07, 6.45) is 1.35. The molecule has 2 N–H and O–H groups in total. The van der Waals surface area contributed by atoms with Crippen molar-refractivity contribution in [3.63, 3.8) is 0 Å². The van der Waals surface area contributed by atoms with Crippen molar-refractivity contribution in [3.8, 4) is 0 Å². The highest BCUT2D eigenvalue weighted by molar-refractivity contribution is 6.01. The van der Waals surface area contributed by atoms with E-state index >= 15 is 0 Å². The van der Waals surface area contributed by atoms with Crippen molar-refractivity contribution in [2.45, 2.75) is 0 Å². The largest absolute Gasteiger partial charge is 0.478 e. The van der Waals surface area contributed by atoms with Crippen molar-refractivity contribution in [1.82, 2.24) is 9.88 Å². The maximum Gasteiger partial charge on any atom is 0.335 e. The molecule has 0 unspecified atom stereocenters. The molecule has 0 fully saturated rings. The van der Waals surface area contributed by atoms with Crippen LogP contribution in [0.2, 0.25) is 0 Å². The molecule has 0 saturated carbocycles. The molecule has 0 aromatic carbocycles. The van der Waals surface area contributed by atoms with Crippen LogP contribution in [0, 0.1) is 0 Å². The molecule has 0 aliphatic carbocycles. The summed E-state index contributed by atoms with van der Waals surface area (Å²) in [4.78, 5) is 16.8. The number of pyridine rings is 1. The molecule has 20 heavy (non-hydrogen) atoms. The Morgan fingerprint density at radius 3 is 2.75 bits per heavy atom. The number of oxime groups is 1. The normalized spacial score (nSPS) is 11.2. The SMILES string of the molecule is CN(C)CCOC/C(=N\O)c1cc(C(=O)O)ccn1.Cl. The number of hydrogen-bond acceptors (Lipinski definition) is 6. The van der Waals surface area contributed by atoms with E-state index in [2.05, 4.69) is 10.1 Å². The first-order valence-electron chi connectivity index (χ1n) is 5.67. The molecule has 1 aromatic rings. The molecule has 0 saturated heterocycles. The third-order valence-electron chi connectivity index (χ3n) is 2.34. The van der Waals surface area contributed by atoms with Gasteiger partial charge < -0.3 is 20.0 Å². The third-order valence-corrected chi connectivity index (χ3v) is 2.34. The van der Waals surface area contributed by atoms with Crippen LogP contribution >= 0.6 is 12.4 Å². The van der Waals surface area contributed by atoms with E-state index in [0.29, 0.717) is 6.61 Å². The van der Waals surface area contributed by atoms with Gasteiger partial charge in [0.25, 0.3) is 0 Å². The van der Waals surface area contributed by atoms with E-state index in [1.807, 2.05) is 19.0 Å². The third kappa shape index (κ3) is 5.96. The van der Waals surface area contributed by atoms with E-state index in [9.17, 15) is 4.79 Å². The number of carboxylic acids is 1. The van der Waals surface area contributed by atoms with Crippen LogP contribution < -0.4 is 0 Å². The number of ether oxygens (including phenoxy) is 1. The molecule has 0 aliphatic heterocycles. The van der Waals surface area contributed by atoms with Crippen LogP contribution in [0.1, 0.15) is 16.1 Å². The van der Waals surface area contributed by atoms with E-state index in [0.717, 1.165) is 6.54 Å². The zero-order valence-electron chi connectivity index (χ0n) is 11.3. The predicted octanol–water partition coefficient (Wildman–Crippen LogP) is 0.958. The molecular weight excluding hydrogens is 286 g/mol. The lowest BCUT2D eigenvalue weighted by Crippen LogP contribution is -2.21. The summed E-state index contributed by atoms with van der Waals surface area (Å²) >= 11 is 0. The highest BCUT2D eigenvalue weighted by atomic mass is 35.5. The smallest absolute Gasteiger partial charge is 0.335 e. The zero-order chi connectivity index (χ0) is 14.3. The van der Waals surface area contributed by atoms with E-state index in [1.54, 1.807) is 0 Å². The minimum Gasteiger partial charge on any atom is -0.478 e. The number of carbonyl (C=O) groups is 1. The summed E-state index contributed by atoms with van der Waals surface area (Å²) in [5.74, 6) is -1.06. The first kappa shape index (κ1) is 18.3. The summed E-state index contributed by atoms with van der Waals surface area (Å²) < 4.78 is 5.33. The lowest BCUT2D eigenvalue weighted by Gasteiger charge is -2.10. The number of aromatic carboxylic acids is 1. The van der Waals surface area contributed by atoms with Crippen LogP contribution in [0.4, 0.5) is 0 Å². The minimum atomic E-state index is -1.06. The van der Waals surface area contributed by atoms with Crippen LogP contribution in [0.3, 0.4) is 0 Å². The van der Waals surface area contributed by atoms with Gasteiger partial charge in [-0.05, 0) is 26.2 Å². The molecule has 112 valence electrons. The average molecular weight is 304 g/mol. The van der Waals surface area contributed by atoms with E-state index in [1.165, 1.54) is 18.3 Å². The molecule has 0 aliphatic rings. The van der Waals surface area contributed by atoms with Crippen molar-refractivity contribution in [1.29, 1.82) is 0 Å². The zero-order valence-corrected chi connectivity index (χ0v) is 12.1. The van der Waals surface area contributed by atoms with Gasteiger partial charge in [0.1, 0.15) is 5.71 Å². The Morgan fingerprint density at radius 1 is 1.50 bits per heavy atom. The monoisotopic (exact) mass is 303 g/mol. The van der Waals surface area contributed by atoms with E-state index in [4.69, 9.17) is 15.1 Å². The van der Waals surface area contributed by atoms with Gasteiger partial charge in [0, 0.05) is 12.7 Å². The van der Waals surface area contributed by atoms with Gasteiger partial charge in [-0.25, -0.2) is 4.79 Å². The second kappa shape index (κ2) is 9.24. The van der Waals surface area contributed by atoms with Crippen molar-refractivity contribution in [2.75, 3.05) is 33.9 Å². The maximum absolute atomic E-state index is 10.8. The second-order valence-electron chi connectivity index (χ2n) is 4.14. The number of aromatic nitrogens is 1. The fourth-order valence-electron chi connectivity index (χ4n) is 1.29. The van der Waals surface area contributed by atoms with Crippen molar-refractivity contribution in [3.05, 3.63) is 29.6 Å². The molecule has 1 rings (SSSR count). The van der Waals surface area contributed by atoms with Gasteiger partial charge in [0.05, 0.1) is 24.5 Å². The van der Waals surface area contributed by atoms with Gasteiger partial charge in [0.2, 0.25) is 0 Å². The molecule has 8 heteroatoms. The van der Waals surface area contributed by atoms with Gasteiger partial charge in [-0.3, -0.25) is 4.98 Å². The van der Waals surface area contributed by atoms with Crippen LogP contribution in [0.5, 0.6) is 0 Å². The minimum absolute atomic E-state index is 0. The number of rotatable bonds is 7. The first-order valence-corrected chi connectivity index (χ1v) is 5.67. The Labute approximate surface area is 123 Å². The standard InChI is InChI=1S/C12H17N3O4.ClH/c1-15(2)5-6-19-8-11(14-18)10-7-9(12(16)17)3-4-13-10;/h3-4,7,18H,5-6,8H2,1-2H3,(H,16,17);1H/b14-11+;. The molecule has 0 amide bonds. The van der Waals surface area contributed by atoms with Crippen LogP contribution in [0.25, 0.3) is 0 Å². The molecule has 7 nitrogen and oxygen atoms in total. The average Bonchev–Trinajstić information content (AvgIpc) is 2.38. The van der Waals surface area contributed by atoms with Gasteiger partial charge in [-0.2, -0.15) is 0 Å². The van der Waals surface area contributed by atoms with Gasteiger partial charge in [-0.15, -0.1) is 12.4 Å². The number of likely N-dealkylation sites (N-methyl/N-ethyl adjacent to an activating group) is 1. The van der Waals surface area contributed by atoms with Crippen molar-refractivity contribution < 1.29 is 19.8 Å². The Balaban J connectivity index is 0.00000361. The van der Waals surface area contributed by atoms with Gasteiger partial charge >= 0.3 is 5.97 Å². The predicted molar refractivity (Wildman–Crippen MR) is 76.1 cm³/mol. The fraction of sp³-hybridized carbons (Fsp3) is 0.417. The van der Waals surface area contributed by atoms with Crippen molar-refractivity contribution in [2.24, 2.45) is 5.16 Å². The molecule has 0 radical (unpaired) electrons. The van der Waals surface area contributed by atoms with Crippen LogP contribution in [-0.2, 0) is 4.74 Å². The summed E-state index contributed by atoms with van der Waals surface area (Å²) in [6.45, 7) is 1.28. The van der Waals surface area contributed by atoms with Crippen LogP contribution in [-0.4, -0.2) is 65.7 Å². The van der Waals surface area contributed by atoms with Gasteiger partial charge in [-0.1, -0.05) is 5.16 Å². The lowest BCUT2D eigenvalue weighted by molar-refractivity contribution is 0.0696. The Bertz CT molecular complexity index is 466. The number of carboxylic acid groups (broad SMARTS) is 1. The molecule has 1 heterocycles. The Hall–Kier alpha value is -1.70. The van der Waals surface area contributed by atoms with Crippen LogP contribution in [0.15, 0.2) is 23.5 Å². The Morgan fingerprint density at radius 2 is 2.20 bits per heavy atom. The van der Waals surface area contributed by atoms with Crippen molar-refractivity contribution >= 4 is 24.1 Å². The highest BCUT2D eigenvalue weighted by Crippen LogP contribution is 2.04. The molecule has 0 spiro atoms. The van der Waals surface area contributed by atoms with E-state index in [-0.39, 0.29) is 36.0 Å². The van der Waals surface area contributed by atoms with E-state index < -0.39 is 5.97 Å².